The zero-order chi connectivity index (χ0) is 21.5. The van der Waals surface area contributed by atoms with Gasteiger partial charge in [-0.05, 0) is 66.7 Å². The monoisotopic (exact) mass is 467 g/mol. The Hall–Kier alpha value is -3.45. The Bertz CT molecular complexity index is 1060. The van der Waals surface area contributed by atoms with Gasteiger partial charge in [0.15, 0.2) is 12.4 Å². The molecular weight excluding hydrogens is 450 g/mol. The molecular formula is C23H18BrNO5. The van der Waals surface area contributed by atoms with Gasteiger partial charge in [-0.15, -0.1) is 0 Å². The molecule has 3 aromatic rings. The van der Waals surface area contributed by atoms with Crippen LogP contribution in [0.15, 0.2) is 77.3 Å². The summed E-state index contributed by atoms with van der Waals surface area (Å²) in [6.45, 7) is -0.388. The number of carbonyl (C=O) groups excluding carboxylic acids is 3. The fourth-order valence-electron chi connectivity index (χ4n) is 2.60. The van der Waals surface area contributed by atoms with Crippen LogP contribution in [-0.2, 0) is 4.74 Å². The van der Waals surface area contributed by atoms with E-state index >= 15 is 0 Å². The van der Waals surface area contributed by atoms with Crippen molar-refractivity contribution < 1.29 is 23.9 Å². The number of amides is 1. The van der Waals surface area contributed by atoms with Crippen molar-refractivity contribution in [3.05, 3.63) is 94.0 Å². The van der Waals surface area contributed by atoms with E-state index in [1.807, 2.05) is 0 Å². The van der Waals surface area contributed by atoms with Crippen LogP contribution >= 0.6 is 15.9 Å². The summed E-state index contributed by atoms with van der Waals surface area (Å²) in [7, 11) is 1.54. The van der Waals surface area contributed by atoms with Gasteiger partial charge in [0.2, 0.25) is 0 Å². The van der Waals surface area contributed by atoms with E-state index in [9.17, 15) is 14.4 Å². The molecule has 0 aromatic heterocycles. The van der Waals surface area contributed by atoms with Crippen molar-refractivity contribution in [1.82, 2.24) is 0 Å². The lowest BCUT2D eigenvalue weighted by Gasteiger charge is -2.08. The molecule has 0 unspecified atom stereocenters. The largest absolute Gasteiger partial charge is 0.497 e. The van der Waals surface area contributed by atoms with Crippen LogP contribution in [0.3, 0.4) is 0 Å². The van der Waals surface area contributed by atoms with Gasteiger partial charge in [0, 0.05) is 21.3 Å². The molecule has 1 amide bonds. The van der Waals surface area contributed by atoms with E-state index in [0.717, 1.165) is 4.47 Å². The minimum atomic E-state index is -0.656. The third kappa shape index (κ3) is 5.55. The molecule has 0 aliphatic carbocycles. The van der Waals surface area contributed by atoms with Crippen LogP contribution in [0, 0.1) is 0 Å². The molecule has 0 fully saturated rings. The molecule has 0 aliphatic heterocycles. The van der Waals surface area contributed by atoms with Crippen molar-refractivity contribution in [2.24, 2.45) is 0 Å². The van der Waals surface area contributed by atoms with Crippen LogP contribution in [0.5, 0.6) is 5.75 Å². The number of ether oxygens (including phenoxy) is 2. The van der Waals surface area contributed by atoms with E-state index in [1.165, 1.54) is 13.2 Å². The molecule has 0 aliphatic rings. The van der Waals surface area contributed by atoms with Gasteiger partial charge >= 0.3 is 5.97 Å². The van der Waals surface area contributed by atoms with Crippen molar-refractivity contribution in [3.63, 3.8) is 0 Å². The number of rotatable bonds is 7. The Morgan fingerprint density at radius 2 is 1.53 bits per heavy atom. The quantitative estimate of drug-likeness (QED) is 0.400. The van der Waals surface area contributed by atoms with E-state index in [-0.39, 0.29) is 23.9 Å². The zero-order valence-electron chi connectivity index (χ0n) is 16.1. The minimum Gasteiger partial charge on any atom is -0.497 e. The maximum Gasteiger partial charge on any atom is 0.338 e. The standard InChI is InChI=1S/C23H18BrNO5/c1-29-20-11-7-15(8-12-20)21(26)14-30-23(28)17-3-2-4-19(13-17)25-22(27)16-5-9-18(24)10-6-16/h2-13H,14H2,1H3,(H,25,27). The second-order valence-corrected chi connectivity index (χ2v) is 7.19. The highest BCUT2D eigenvalue weighted by Gasteiger charge is 2.13. The second kappa shape index (κ2) is 9.84. The molecule has 0 radical (unpaired) electrons. The number of methoxy groups -OCH3 is 1. The van der Waals surface area contributed by atoms with Crippen molar-refractivity contribution in [2.75, 3.05) is 19.0 Å². The van der Waals surface area contributed by atoms with Gasteiger partial charge in [-0.25, -0.2) is 4.79 Å². The smallest absolute Gasteiger partial charge is 0.338 e. The van der Waals surface area contributed by atoms with E-state index in [0.29, 0.717) is 22.6 Å². The number of nitrogens with one attached hydrogen (secondary N) is 1. The fourth-order valence-corrected chi connectivity index (χ4v) is 2.87. The van der Waals surface area contributed by atoms with Gasteiger partial charge in [-0.3, -0.25) is 9.59 Å². The Labute approximate surface area is 181 Å². The van der Waals surface area contributed by atoms with Crippen molar-refractivity contribution in [2.45, 2.75) is 0 Å². The maximum absolute atomic E-state index is 12.3. The topological polar surface area (TPSA) is 81.7 Å². The number of hydrogen-bond donors (Lipinski definition) is 1. The molecule has 0 atom stereocenters. The summed E-state index contributed by atoms with van der Waals surface area (Å²) >= 11 is 3.32. The average molecular weight is 468 g/mol. The highest BCUT2D eigenvalue weighted by molar-refractivity contribution is 9.10. The summed E-state index contributed by atoms with van der Waals surface area (Å²) in [5.74, 6) is -0.657. The molecule has 7 heteroatoms. The first-order valence-electron chi connectivity index (χ1n) is 8.97. The predicted octanol–water partition coefficient (Wildman–Crippen LogP) is 4.75. The number of benzene rings is 3. The molecule has 0 heterocycles. The van der Waals surface area contributed by atoms with Crippen LogP contribution in [0.25, 0.3) is 0 Å². The first kappa shape index (κ1) is 21.3. The Morgan fingerprint density at radius 1 is 0.867 bits per heavy atom. The number of carbonyl (C=O) groups is 3. The third-order valence-electron chi connectivity index (χ3n) is 4.21. The van der Waals surface area contributed by atoms with Crippen LogP contribution in [-0.4, -0.2) is 31.4 Å². The van der Waals surface area contributed by atoms with Gasteiger partial charge in [0.05, 0.1) is 12.7 Å². The van der Waals surface area contributed by atoms with Crippen LogP contribution < -0.4 is 10.1 Å². The molecule has 0 bridgehead atoms. The zero-order valence-corrected chi connectivity index (χ0v) is 17.6. The number of Topliss-reactive ketones (excluding diaryl/α,β-unsaturated/α-hetero) is 1. The number of hydrogen-bond acceptors (Lipinski definition) is 5. The Morgan fingerprint density at radius 3 is 2.20 bits per heavy atom. The summed E-state index contributed by atoms with van der Waals surface area (Å²) in [6, 6.07) is 19.8. The van der Waals surface area contributed by atoms with E-state index < -0.39 is 5.97 Å². The van der Waals surface area contributed by atoms with E-state index in [1.54, 1.807) is 66.7 Å². The predicted molar refractivity (Wildman–Crippen MR) is 116 cm³/mol. The van der Waals surface area contributed by atoms with Crippen molar-refractivity contribution in [1.29, 1.82) is 0 Å². The molecule has 3 rings (SSSR count). The number of esters is 1. The van der Waals surface area contributed by atoms with Gasteiger partial charge < -0.3 is 14.8 Å². The Kier molecular flexibility index (Phi) is 6.98. The minimum absolute atomic E-state index is 0.228. The average Bonchev–Trinajstić information content (AvgIpc) is 2.78. The molecule has 3 aromatic carbocycles. The highest BCUT2D eigenvalue weighted by atomic mass is 79.9. The molecule has 6 nitrogen and oxygen atoms in total. The lowest BCUT2D eigenvalue weighted by molar-refractivity contribution is 0.0474. The number of ketones is 1. The van der Waals surface area contributed by atoms with E-state index in [2.05, 4.69) is 21.2 Å². The van der Waals surface area contributed by atoms with Crippen LogP contribution in [0.1, 0.15) is 31.1 Å². The molecule has 152 valence electrons. The van der Waals surface area contributed by atoms with Gasteiger partial charge in [0.1, 0.15) is 5.75 Å². The maximum atomic E-state index is 12.3. The van der Waals surface area contributed by atoms with Crippen molar-refractivity contribution in [3.8, 4) is 5.75 Å². The Balaban J connectivity index is 1.60. The van der Waals surface area contributed by atoms with Gasteiger partial charge in [-0.2, -0.15) is 0 Å². The normalized spacial score (nSPS) is 10.2. The number of halogens is 1. The van der Waals surface area contributed by atoms with Gasteiger partial charge in [0.25, 0.3) is 5.91 Å². The summed E-state index contributed by atoms with van der Waals surface area (Å²) in [5.41, 5.74) is 1.57. The fraction of sp³-hybridized carbons (Fsp3) is 0.0870. The lowest BCUT2D eigenvalue weighted by atomic mass is 10.1. The first-order valence-corrected chi connectivity index (χ1v) is 9.77. The molecule has 0 saturated heterocycles. The molecule has 30 heavy (non-hydrogen) atoms. The molecule has 0 spiro atoms. The molecule has 0 saturated carbocycles. The van der Waals surface area contributed by atoms with Crippen LogP contribution in [0.4, 0.5) is 5.69 Å². The van der Waals surface area contributed by atoms with Gasteiger partial charge in [-0.1, -0.05) is 22.0 Å². The SMILES string of the molecule is COc1ccc(C(=O)COC(=O)c2cccc(NC(=O)c3ccc(Br)cc3)c2)cc1. The third-order valence-corrected chi connectivity index (χ3v) is 4.74. The molecule has 1 N–H and O–H groups in total. The van der Waals surface area contributed by atoms with Crippen molar-refractivity contribution >= 4 is 39.3 Å². The van der Waals surface area contributed by atoms with Crippen LogP contribution in [0.2, 0.25) is 0 Å². The first-order chi connectivity index (χ1) is 14.5. The summed E-state index contributed by atoms with van der Waals surface area (Å²) in [5, 5.41) is 2.73. The van der Waals surface area contributed by atoms with E-state index in [4.69, 9.17) is 9.47 Å². The summed E-state index contributed by atoms with van der Waals surface area (Å²) in [4.78, 5) is 36.8. The second-order valence-electron chi connectivity index (χ2n) is 6.27. The number of anilines is 1. The highest BCUT2D eigenvalue weighted by Crippen LogP contribution is 2.16. The lowest BCUT2D eigenvalue weighted by Crippen LogP contribution is -2.15. The summed E-state index contributed by atoms with van der Waals surface area (Å²) < 4.78 is 11.0. The summed E-state index contributed by atoms with van der Waals surface area (Å²) in [6.07, 6.45) is 0.